The molecular formula is C9H10F3NO3. The fourth-order valence-electron chi connectivity index (χ4n) is 1.14. The van der Waals surface area contributed by atoms with Gasteiger partial charge in [-0.25, -0.2) is 0 Å². The van der Waals surface area contributed by atoms with Crippen LogP contribution in [0.3, 0.4) is 0 Å². The zero-order valence-electron chi connectivity index (χ0n) is 8.03. The van der Waals surface area contributed by atoms with Crippen LogP contribution in [-0.2, 0) is 0 Å². The number of aliphatic hydroxyl groups is 1. The molecule has 1 rings (SSSR count). The van der Waals surface area contributed by atoms with E-state index in [9.17, 15) is 18.3 Å². The number of aliphatic hydroxyl groups excluding tert-OH is 1. The van der Waals surface area contributed by atoms with Gasteiger partial charge < -0.3 is 20.7 Å². The summed E-state index contributed by atoms with van der Waals surface area (Å²) in [5.41, 5.74) is 5.37. The minimum Gasteiger partial charge on any atom is -0.504 e. The van der Waals surface area contributed by atoms with Crippen molar-refractivity contribution in [1.29, 1.82) is 0 Å². The summed E-state index contributed by atoms with van der Waals surface area (Å²) in [4.78, 5) is 0. The van der Waals surface area contributed by atoms with Crippen molar-refractivity contribution >= 4 is 0 Å². The summed E-state index contributed by atoms with van der Waals surface area (Å²) < 4.78 is 39.3. The Labute approximate surface area is 89.1 Å². The highest BCUT2D eigenvalue weighted by Crippen LogP contribution is 2.35. The monoisotopic (exact) mass is 237 g/mol. The topological polar surface area (TPSA) is 75.7 Å². The Hall–Kier alpha value is -1.47. The Morgan fingerprint density at radius 3 is 2.50 bits per heavy atom. The summed E-state index contributed by atoms with van der Waals surface area (Å²) >= 11 is 0. The second-order valence-corrected chi connectivity index (χ2v) is 3.03. The van der Waals surface area contributed by atoms with Crippen molar-refractivity contribution in [2.75, 3.05) is 6.61 Å². The van der Waals surface area contributed by atoms with E-state index in [0.29, 0.717) is 0 Å². The van der Waals surface area contributed by atoms with Gasteiger partial charge in [0.2, 0.25) is 0 Å². The summed E-state index contributed by atoms with van der Waals surface area (Å²) in [6, 6.07) is 2.54. The van der Waals surface area contributed by atoms with Crippen LogP contribution in [0.5, 0.6) is 11.5 Å². The molecule has 16 heavy (non-hydrogen) atoms. The van der Waals surface area contributed by atoms with Gasteiger partial charge in [0.1, 0.15) is 0 Å². The number of alkyl halides is 3. The molecule has 0 saturated carbocycles. The SMILES string of the molecule is N[C@H](CO)c1cccc(OC(F)(F)F)c1O. The second kappa shape index (κ2) is 4.58. The summed E-state index contributed by atoms with van der Waals surface area (Å²) in [5.74, 6) is -1.46. The smallest absolute Gasteiger partial charge is 0.504 e. The first-order valence-corrected chi connectivity index (χ1v) is 4.29. The Morgan fingerprint density at radius 2 is 2.00 bits per heavy atom. The molecule has 4 nitrogen and oxygen atoms in total. The number of phenolic OH excluding ortho intramolecular Hbond substituents is 1. The van der Waals surface area contributed by atoms with E-state index in [1.54, 1.807) is 0 Å². The first-order valence-electron chi connectivity index (χ1n) is 4.29. The van der Waals surface area contributed by atoms with Crippen LogP contribution >= 0.6 is 0 Å². The molecule has 0 aliphatic heterocycles. The van der Waals surface area contributed by atoms with Gasteiger partial charge in [-0.3, -0.25) is 0 Å². The molecule has 7 heteroatoms. The van der Waals surface area contributed by atoms with E-state index in [1.807, 2.05) is 0 Å². The maximum absolute atomic E-state index is 11.9. The molecule has 0 aromatic heterocycles. The number of phenols is 1. The van der Waals surface area contributed by atoms with Gasteiger partial charge in [-0.2, -0.15) is 0 Å². The van der Waals surface area contributed by atoms with Gasteiger partial charge in [0.05, 0.1) is 12.6 Å². The molecule has 90 valence electrons. The second-order valence-electron chi connectivity index (χ2n) is 3.03. The fraction of sp³-hybridized carbons (Fsp3) is 0.333. The third-order valence-corrected chi connectivity index (χ3v) is 1.85. The molecule has 0 spiro atoms. The van der Waals surface area contributed by atoms with Gasteiger partial charge in [-0.05, 0) is 6.07 Å². The van der Waals surface area contributed by atoms with Crippen molar-refractivity contribution < 1.29 is 28.1 Å². The van der Waals surface area contributed by atoms with Gasteiger partial charge in [-0.1, -0.05) is 12.1 Å². The first kappa shape index (κ1) is 12.6. The predicted molar refractivity (Wildman–Crippen MR) is 48.8 cm³/mol. The van der Waals surface area contributed by atoms with Gasteiger partial charge >= 0.3 is 6.36 Å². The van der Waals surface area contributed by atoms with Crippen LogP contribution in [0, 0.1) is 0 Å². The number of ether oxygens (including phenoxy) is 1. The number of hydrogen-bond acceptors (Lipinski definition) is 4. The highest BCUT2D eigenvalue weighted by atomic mass is 19.4. The molecule has 0 unspecified atom stereocenters. The molecule has 0 radical (unpaired) electrons. The standard InChI is InChI=1S/C9H10F3NO3/c10-9(11,12)16-7-3-1-2-5(8(7)15)6(13)4-14/h1-3,6,14-15H,4,13H2/t6-/m1/s1. The number of nitrogens with two attached hydrogens (primary N) is 1. The van der Waals surface area contributed by atoms with Gasteiger partial charge in [0.25, 0.3) is 0 Å². The quantitative estimate of drug-likeness (QED) is 0.740. The van der Waals surface area contributed by atoms with E-state index in [2.05, 4.69) is 4.74 Å². The van der Waals surface area contributed by atoms with Crippen LogP contribution in [0.1, 0.15) is 11.6 Å². The Balaban J connectivity index is 3.04. The average Bonchev–Trinajstić information content (AvgIpc) is 2.18. The highest BCUT2D eigenvalue weighted by molar-refractivity contribution is 5.46. The van der Waals surface area contributed by atoms with Gasteiger partial charge in [-0.15, -0.1) is 13.2 Å². The minimum atomic E-state index is -4.89. The molecule has 4 N–H and O–H groups in total. The zero-order valence-corrected chi connectivity index (χ0v) is 8.03. The Bertz CT molecular complexity index is 368. The van der Waals surface area contributed by atoms with Crippen molar-refractivity contribution in [3.05, 3.63) is 23.8 Å². The van der Waals surface area contributed by atoms with E-state index < -0.39 is 30.5 Å². The lowest BCUT2D eigenvalue weighted by molar-refractivity contribution is -0.275. The normalized spacial score (nSPS) is 13.6. The van der Waals surface area contributed by atoms with Crippen LogP contribution in [-0.4, -0.2) is 23.2 Å². The lowest BCUT2D eigenvalue weighted by Crippen LogP contribution is -2.19. The first-order chi connectivity index (χ1) is 7.35. The summed E-state index contributed by atoms with van der Waals surface area (Å²) in [7, 11) is 0. The molecule has 1 aromatic rings. The molecule has 0 aliphatic rings. The van der Waals surface area contributed by atoms with Crippen molar-refractivity contribution in [1.82, 2.24) is 0 Å². The fourth-order valence-corrected chi connectivity index (χ4v) is 1.14. The highest BCUT2D eigenvalue weighted by Gasteiger charge is 2.32. The van der Waals surface area contributed by atoms with Crippen molar-refractivity contribution in [2.24, 2.45) is 5.73 Å². The van der Waals surface area contributed by atoms with Crippen molar-refractivity contribution in [3.63, 3.8) is 0 Å². The maximum atomic E-state index is 11.9. The third-order valence-electron chi connectivity index (χ3n) is 1.85. The van der Waals surface area contributed by atoms with Crippen LogP contribution in [0.15, 0.2) is 18.2 Å². The molecule has 0 aliphatic carbocycles. The number of halogens is 3. The van der Waals surface area contributed by atoms with Crippen LogP contribution < -0.4 is 10.5 Å². The van der Waals surface area contributed by atoms with E-state index >= 15 is 0 Å². The maximum Gasteiger partial charge on any atom is 0.573 e. The number of para-hydroxylation sites is 1. The molecule has 0 amide bonds. The molecule has 0 saturated heterocycles. The molecule has 0 bridgehead atoms. The summed E-state index contributed by atoms with van der Waals surface area (Å²) in [6.45, 7) is -0.497. The molecular weight excluding hydrogens is 227 g/mol. The molecule has 1 atom stereocenters. The number of aromatic hydroxyl groups is 1. The Kier molecular flexibility index (Phi) is 3.61. The predicted octanol–water partition coefficient (Wildman–Crippen LogP) is 1.28. The zero-order chi connectivity index (χ0) is 12.3. The number of hydrogen-bond donors (Lipinski definition) is 3. The van der Waals surface area contributed by atoms with Gasteiger partial charge in [0, 0.05) is 5.56 Å². The van der Waals surface area contributed by atoms with Gasteiger partial charge in [0.15, 0.2) is 11.5 Å². The van der Waals surface area contributed by atoms with Crippen LogP contribution in [0.4, 0.5) is 13.2 Å². The van der Waals surface area contributed by atoms with E-state index in [4.69, 9.17) is 10.8 Å². The molecule has 0 heterocycles. The Morgan fingerprint density at radius 1 is 1.38 bits per heavy atom. The largest absolute Gasteiger partial charge is 0.573 e. The van der Waals surface area contributed by atoms with Crippen molar-refractivity contribution in [3.8, 4) is 11.5 Å². The summed E-state index contributed by atoms with van der Waals surface area (Å²) in [5, 5.41) is 18.2. The minimum absolute atomic E-state index is 0.00995. The third kappa shape index (κ3) is 3.01. The lowest BCUT2D eigenvalue weighted by atomic mass is 10.1. The number of rotatable bonds is 3. The van der Waals surface area contributed by atoms with Crippen LogP contribution in [0.25, 0.3) is 0 Å². The number of benzene rings is 1. The van der Waals surface area contributed by atoms with E-state index in [-0.39, 0.29) is 5.56 Å². The lowest BCUT2D eigenvalue weighted by Gasteiger charge is -2.15. The van der Waals surface area contributed by atoms with Crippen molar-refractivity contribution in [2.45, 2.75) is 12.4 Å². The van der Waals surface area contributed by atoms with E-state index in [1.165, 1.54) is 12.1 Å². The molecule has 1 aromatic carbocycles. The molecule has 0 fully saturated rings. The summed E-state index contributed by atoms with van der Waals surface area (Å²) in [6.07, 6.45) is -4.89. The average molecular weight is 237 g/mol. The van der Waals surface area contributed by atoms with E-state index in [0.717, 1.165) is 6.07 Å². The van der Waals surface area contributed by atoms with Crippen LogP contribution in [0.2, 0.25) is 0 Å².